The number of amides is 1. The minimum atomic E-state index is -0.316. The van der Waals surface area contributed by atoms with Gasteiger partial charge in [-0.1, -0.05) is 23.0 Å². The maximum atomic E-state index is 12.4. The summed E-state index contributed by atoms with van der Waals surface area (Å²) in [6.45, 7) is 3.64. The number of hydrogen-bond acceptors (Lipinski definition) is 7. The van der Waals surface area contributed by atoms with Crippen LogP contribution in [0.15, 0.2) is 33.3 Å². The molecule has 1 fully saturated rings. The van der Waals surface area contributed by atoms with Gasteiger partial charge in [-0.05, 0) is 38.1 Å². The molecule has 0 bridgehead atoms. The van der Waals surface area contributed by atoms with Gasteiger partial charge in [0, 0.05) is 23.4 Å². The Kier molecular flexibility index (Phi) is 4.82. The molecule has 1 saturated carbocycles. The first-order valence-electron chi connectivity index (χ1n) is 8.47. The molecule has 1 N–H and O–H groups in total. The lowest BCUT2D eigenvalue weighted by Crippen LogP contribution is -2.23. The van der Waals surface area contributed by atoms with E-state index in [0.717, 1.165) is 30.2 Å². The minimum absolute atomic E-state index is 0.131. The van der Waals surface area contributed by atoms with Crippen molar-refractivity contribution in [3.8, 4) is 0 Å². The molecular weight excluding hydrogens is 370 g/mol. The van der Waals surface area contributed by atoms with Crippen molar-refractivity contribution in [2.75, 3.05) is 5.32 Å². The van der Waals surface area contributed by atoms with Gasteiger partial charge < -0.3 is 14.4 Å². The molecule has 0 radical (unpaired) electrons. The Bertz CT molecular complexity index is 898. The summed E-state index contributed by atoms with van der Waals surface area (Å²) in [7, 11) is 0. The zero-order valence-electron chi connectivity index (χ0n) is 14.5. The number of thiophene rings is 1. The van der Waals surface area contributed by atoms with E-state index < -0.39 is 0 Å². The van der Waals surface area contributed by atoms with E-state index in [1.54, 1.807) is 24.3 Å². The van der Waals surface area contributed by atoms with E-state index in [9.17, 15) is 4.79 Å². The van der Waals surface area contributed by atoms with Gasteiger partial charge in [-0.25, -0.2) is 0 Å². The van der Waals surface area contributed by atoms with Crippen LogP contribution in [0.2, 0.25) is 0 Å². The Morgan fingerprint density at radius 3 is 3.00 bits per heavy atom. The van der Waals surface area contributed by atoms with E-state index >= 15 is 0 Å². The Balaban J connectivity index is 1.47. The third-order valence-electron chi connectivity index (χ3n) is 4.09. The third kappa shape index (κ3) is 3.83. The molecule has 1 amide bonds. The van der Waals surface area contributed by atoms with Gasteiger partial charge in [0.25, 0.3) is 0 Å². The van der Waals surface area contributed by atoms with Crippen LogP contribution in [0.3, 0.4) is 0 Å². The fourth-order valence-corrected chi connectivity index (χ4v) is 4.28. The van der Waals surface area contributed by atoms with Crippen molar-refractivity contribution in [3.63, 3.8) is 0 Å². The molecule has 4 rings (SSSR count). The average molecular weight is 390 g/mol. The molecule has 1 aliphatic carbocycles. The number of hydrogen-bond donors (Lipinski definition) is 1. The second-order valence-corrected chi connectivity index (χ2v) is 8.67. The van der Waals surface area contributed by atoms with Crippen LogP contribution in [0.4, 0.5) is 5.82 Å². The molecular formula is C17H19N5O2S2. The highest BCUT2D eigenvalue weighted by Crippen LogP contribution is 2.40. The Morgan fingerprint density at radius 1 is 1.50 bits per heavy atom. The van der Waals surface area contributed by atoms with Crippen LogP contribution in [-0.2, 0) is 11.2 Å². The van der Waals surface area contributed by atoms with Crippen LogP contribution in [-0.4, -0.2) is 31.1 Å². The maximum Gasteiger partial charge on any atom is 0.238 e. The summed E-state index contributed by atoms with van der Waals surface area (Å²) in [5.74, 6) is 1.93. The van der Waals surface area contributed by atoms with Gasteiger partial charge in [-0.15, -0.1) is 21.5 Å². The van der Waals surface area contributed by atoms with Gasteiger partial charge in [-0.2, -0.15) is 0 Å². The fraction of sp³-hybridized carbons (Fsp3) is 0.412. The predicted octanol–water partition coefficient (Wildman–Crippen LogP) is 3.68. The van der Waals surface area contributed by atoms with Crippen LogP contribution in [0.1, 0.15) is 42.3 Å². The predicted molar refractivity (Wildman–Crippen MR) is 101 cm³/mol. The van der Waals surface area contributed by atoms with Crippen LogP contribution >= 0.6 is 23.1 Å². The molecule has 1 aliphatic rings. The Morgan fingerprint density at radius 2 is 2.35 bits per heavy atom. The largest absolute Gasteiger partial charge is 0.360 e. The standard InChI is InChI=1S/C17H19N5O2S2/c1-10-8-14(21-24-10)18-16(23)11(2)26-17-20-19-15(22(17)12-5-6-12)9-13-4-3-7-25-13/h3-4,7-8,11-12H,5-6,9H2,1-2H3,(H,18,21,23)/t11-/m1/s1. The molecule has 26 heavy (non-hydrogen) atoms. The summed E-state index contributed by atoms with van der Waals surface area (Å²) in [5, 5.41) is 17.9. The van der Waals surface area contributed by atoms with Gasteiger partial charge in [0.1, 0.15) is 11.6 Å². The third-order valence-corrected chi connectivity index (χ3v) is 6.02. The summed E-state index contributed by atoms with van der Waals surface area (Å²) in [5.41, 5.74) is 0. The molecule has 3 heterocycles. The molecule has 3 aromatic rings. The van der Waals surface area contributed by atoms with Gasteiger partial charge >= 0.3 is 0 Å². The number of carbonyl (C=O) groups excluding carboxylic acids is 1. The van der Waals surface area contributed by atoms with Crippen LogP contribution in [0, 0.1) is 6.92 Å². The van der Waals surface area contributed by atoms with Crippen molar-refractivity contribution < 1.29 is 9.32 Å². The number of rotatable bonds is 7. The monoisotopic (exact) mass is 389 g/mol. The smallest absolute Gasteiger partial charge is 0.238 e. The van der Waals surface area contributed by atoms with Crippen LogP contribution in [0.25, 0.3) is 0 Å². The van der Waals surface area contributed by atoms with Crippen molar-refractivity contribution in [1.29, 1.82) is 0 Å². The van der Waals surface area contributed by atoms with Gasteiger partial charge in [0.15, 0.2) is 11.0 Å². The topological polar surface area (TPSA) is 85.8 Å². The molecule has 0 unspecified atom stereocenters. The second kappa shape index (κ2) is 7.24. The SMILES string of the molecule is Cc1cc(NC(=O)[C@@H](C)Sc2nnc(Cc3cccs3)n2C2CC2)no1. The first-order chi connectivity index (χ1) is 12.6. The first kappa shape index (κ1) is 17.3. The molecule has 7 nitrogen and oxygen atoms in total. The second-order valence-electron chi connectivity index (χ2n) is 6.33. The van der Waals surface area contributed by atoms with Gasteiger partial charge in [0.2, 0.25) is 5.91 Å². The number of carbonyl (C=O) groups is 1. The zero-order chi connectivity index (χ0) is 18.1. The van der Waals surface area contributed by atoms with E-state index in [0.29, 0.717) is 17.6 Å². The fourth-order valence-electron chi connectivity index (χ4n) is 2.64. The summed E-state index contributed by atoms with van der Waals surface area (Å²) < 4.78 is 7.18. The van der Waals surface area contributed by atoms with Crippen molar-refractivity contribution >= 4 is 34.8 Å². The van der Waals surface area contributed by atoms with E-state index in [2.05, 4.69) is 36.7 Å². The highest BCUT2D eigenvalue weighted by molar-refractivity contribution is 8.00. The summed E-state index contributed by atoms with van der Waals surface area (Å²) in [6.07, 6.45) is 3.06. The zero-order valence-corrected chi connectivity index (χ0v) is 16.1. The first-order valence-corrected chi connectivity index (χ1v) is 10.2. The van der Waals surface area contributed by atoms with E-state index in [1.807, 2.05) is 13.0 Å². The van der Waals surface area contributed by atoms with Crippen LogP contribution in [0.5, 0.6) is 0 Å². The number of aryl methyl sites for hydroxylation is 1. The maximum absolute atomic E-state index is 12.4. The van der Waals surface area contributed by atoms with Gasteiger partial charge in [-0.3, -0.25) is 4.79 Å². The van der Waals surface area contributed by atoms with Crippen molar-refractivity contribution in [2.45, 2.75) is 49.6 Å². The molecule has 0 saturated heterocycles. The highest BCUT2D eigenvalue weighted by atomic mass is 32.2. The molecule has 0 aliphatic heterocycles. The van der Waals surface area contributed by atoms with Crippen molar-refractivity contribution in [3.05, 3.63) is 40.0 Å². The van der Waals surface area contributed by atoms with E-state index in [1.165, 1.54) is 16.6 Å². The molecule has 0 aromatic carbocycles. The lowest BCUT2D eigenvalue weighted by molar-refractivity contribution is -0.115. The quantitative estimate of drug-likeness (QED) is 0.621. The number of thioether (sulfide) groups is 1. The highest BCUT2D eigenvalue weighted by Gasteiger charge is 2.31. The number of anilines is 1. The van der Waals surface area contributed by atoms with Crippen molar-refractivity contribution in [1.82, 2.24) is 19.9 Å². The number of nitrogens with zero attached hydrogens (tertiary/aromatic N) is 4. The molecule has 9 heteroatoms. The lowest BCUT2D eigenvalue weighted by atomic mass is 10.3. The molecule has 136 valence electrons. The van der Waals surface area contributed by atoms with Crippen molar-refractivity contribution in [2.24, 2.45) is 0 Å². The molecule has 3 aromatic heterocycles. The average Bonchev–Trinajstić information content (AvgIpc) is 2.98. The number of aromatic nitrogens is 4. The minimum Gasteiger partial charge on any atom is -0.360 e. The van der Waals surface area contributed by atoms with Crippen LogP contribution < -0.4 is 5.32 Å². The van der Waals surface area contributed by atoms with E-state index in [4.69, 9.17) is 4.52 Å². The van der Waals surface area contributed by atoms with E-state index in [-0.39, 0.29) is 11.2 Å². The summed E-state index contributed by atoms with van der Waals surface area (Å²) >= 11 is 3.15. The van der Waals surface area contributed by atoms with Gasteiger partial charge in [0.05, 0.1) is 5.25 Å². The normalized spacial score (nSPS) is 15.2. The number of nitrogens with one attached hydrogen (secondary N) is 1. The summed E-state index contributed by atoms with van der Waals surface area (Å²) in [6, 6.07) is 6.31. The Labute approximate surface area is 159 Å². The summed E-state index contributed by atoms with van der Waals surface area (Å²) in [4.78, 5) is 13.7. The molecule has 0 spiro atoms. The molecule has 1 atom stereocenters. The lowest BCUT2D eigenvalue weighted by Gasteiger charge is -2.12. The Hall–Kier alpha value is -2.13.